The van der Waals surface area contributed by atoms with Crippen molar-refractivity contribution in [3.05, 3.63) is 114 Å². The Labute approximate surface area is 335 Å². The Hall–Kier alpha value is -5.86. The lowest BCUT2D eigenvalue weighted by atomic mass is 9.88. The van der Waals surface area contributed by atoms with Crippen LogP contribution in [0.4, 0.5) is 22.8 Å². The predicted octanol–water partition coefficient (Wildman–Crippen LogP) is 7.17. The number of esters is 1. The summed E-state index contributed by atoms with van der Waals surface area (Å²) in [6.07, 6.45) is -2.63. The largest absolute Gasteiger partial charge is 0.453 e. The molecule has 0 saturated carbocycles. The Bertz CT molecular complexity index is 2090. The molecule has 0 aliphatic carbocycles. The molecule has 1 aromatic heterocycles. The van der Waals surface area contributed by atoms with Gasteiger partial charge in [0.15, 0.2) is 6.10 Å². The second-order valence-electron chi connectivity index (χ2n) is 15.8. The molecule has 2 aliphatic heterocycles. The van der Waals surface area contributed by atoms with E-state index in [2.05, 4.69) is 0 Å². The number of imidazole rings is 1. The van der Waals surface area contributed by atoms with Crippen LogP contribution in [0, 0.1) is 23.5 Å². The third kappa shape index (κ3) is 10.2. The molecule has 2 aliphatic rings. The van der Waals surface area contributed by atoms with Gasteiger partial charge in [0, 0.05) is 63.2 Å². The zero-order chi connectivity index (χ0) is 41.7. The molecule has 12 nitrogen and oxygen atoms in total. The topological polar surface area (TPSA) is 124 Å². The van der Waals surface area contributed by atoms with Gasteiger partial charge in [-0.2, -0.15) is 0 Å². The van der Waals surface area contributed by atoms with Crippen molar-refractivity contribution in [1.29, 1.82) is 0 Å². The minimum absolute atomic E-state index is 0.0343. The zero-order valence-corrected chi connectivity index (χ0v) is 33.1. The van der Waals surface area contributed by atoms with Crippen LogP contribution in [0.5, 0.6) is 0 Å². The molecule has 3 heterocycles. The summed E-state index contributed by atoms with van der Waals surface area (Å²) in [5.74, 6) is -4.02. The number of hydrogen-bond acceptors (Lipinski definition) is 8. The lowest BCUT2D eigenvalue weighted by Crippen LogP contribution is -2.58. The number of benzene rings is 3. The van der Waals surface area contributed by atoms with Crippen LogP contribution in [0.2, 0.25) is 0 Å². The van der Waals surface area contributed by atoms with Gasteiger partial charge < -0.3 is 33.5 Å². The minimum Gasteiger partial charge on any atom is -0.453 e. The van der Waals surface area contributed by atoms with Crippen molar-refractivity contribution in [2.24, 2.45) is 11.8 Å². The van der Waals surface area contributed by atoms with Crippen LogP contribution in [-0.2, 0) is 37.0 Å². The highest BCUT2D eigenvalue weighted by molar-refractivity contribution is 5.83. The summed E-state index contributed by atoms with van der Waals surface area (Å²) < 4.78 is 64.2. The summed E-state index contributed by atoms with van der Waals surface area (Å²) in [6.45, 7) is 7.44. The van der Waals surface area contributed by atoms with E-state index in [1.165, 1.54) is 21.6 Å². The van der Waals surface area contributed by atoms with E-state index in [9.17, 15) is 23.6 Å². The number of aromatic nitrogens is 2. The van der Waals surface area contributed by atoms with Crippen molar-refractivity contribution in [2.75, 3.05) is 32.7 Å². The highest BCUT2D eigenvalue weighted by Gasteiger charge is 2.48. The van der Waals surface area contributed by atoms with Gasteiger partial charge in [0.05, 0.1) is 18.3 Å². The number of rotatable bonds is 12. The molecule has 0 bridgehead atoms. The van der Waals surface area contributed by atoms with E-state index in [1.54, 1.807) is 31.5 Å². The Morgan fingerprint density at radius 1 is 0.879 bits per heavy atom. The number of halogens is 3. The average molecular weight is 804 g/mol. The first-order valence-electron chi connectivity index (χ1n) is 19.2. The molecule has 4 aromatic rings. The Morgan fingerprint density at radius 2 is 1.52 bits per heavy atom. The fraction of sp³-hybridized carbons (Fsp3) is 0.419. The van der Waals surface area contributed by atoms with Gasteiger partial charge in [-0.05, 0) is 57.0 Å². The Morgan fingerprint density at radius 3 is 2.16 bits per heavy atom. The first-order valence-corrected chi connectivity index (χ1v) is 19.2. The number of amides is 3. The van der Waals surface area contributed by atoms with Crippen LogP contribution in [-0.4, -0.2) is 98.9 Å². The Kier molecular flexibility index (Phi) is 12.8. The lowest BCUT2D eigenvalue weighted by molar-refractivity contribution is -0.161. The number of carbonyl (C=O) groups excluding carboxylic acids is 4. The molecule has 2 fully saturated rings. The zero-order valence-electron chi connectivity index (χ0n) is 33.1. The molecule has 3 aromatic carbocycles. The van der Waals surface area contributed by atoms with Crippen molar-refractivity contribution < 1.29 is 46.6 Å². The molecule has 15 heteroatoms. The molecule has 6 rings (SSSR count). The number of carbonyl (C=O) groups is 4. The molecule has 0 N–H and O–H groups in total. The molecule has 0 spiro atoms. The van der Waals surface area contributed by atoms with Crippen LogP contribution in [0.3, 0.4) is 0 Å². The van der Waals surface area contributed by atoms with Gasteiger partial charge in [-0.25, -0.2) is 27.7 Å². The van der Waals surface area contributed by atoms with Crippen LogP contribution in [0.25, 0.3) is 11.3 Å². The molecule has 0 radical (unpaired) electrons. The lowest BCUT2D eigenvalue weighted by Gasteiger charge is -2.47. The Balaban J connectivity index is 1.42. The van der Waals surface area contributed by atoms with Crippen LogP contribution in [0.1, 0.15) is 57.6 Å². The number of nitrogens with zero attached hydrogens (tertiary/aromatic N) is 5. The van der Waals surface area contributed by atoms with Crippen molar-refractivity contribution >= 4 is 24.1 Å². The highest BCUT2D eigenvalue weighted by Crippen LogP contribution is 2.39. The fourth-order valence-electron chi connectivity index (χ4n) is 7.28. The number of ether oxygens (including phenoxy) is 3. The summed E-state index contributed by atoms with van der Waals surface area (Å²) in [5, 5.41) is 0. The van der Waals surface area contributed by atoms with Gasteiger partial charge in [-0.15, -0.1) is 0 Å². The van der Waals surface area contributed by atoms with Crippen LogP contribution >= 0.6 is 0 Å². The first kappa shape index (κ1) is 41.8. The third-order valence-corrected chi connectivity index (χ3v) is 10.0. The standard InChI is InChI=1S/C43H48F3N5O7/c1-27(57-28(2)52)40(53)51(23-31-20-50(24-36(31)46)42(55)58-43(3,4)5)38(32-21-49(22-32)41(54)56-26-30-14-10-7-11-15-30)39-47-37(34-18-33(44)16-17-35(34)45)25-48(39)19-29-12-8-6-9-13-29/h6-18,25,27,31-32,36,38H,19-24,26H2,1-5H3/t27-,31-,36-,38+/m0/s1. The fourth-order valence-corrected chi connectivity index (χ4v) is 7.28. The maximum absolute atomic E-state index is 16.1. The summed E-state index contributed by atoms with van der Waals surface area (Å²) >= 11 is 0. The second kappa shape index (κ2) is 17.7. The van der Waals surface area contributed by atoms with Gasteiger partial charge in [0.2, 0.25) is 0 Å². The van der Waals surface area contributed by atoms with E-state index >= 15 is 8.78 Å². The summed E-state index contributed by atoms with van der Waals surface area (Å²) in [5.41, 5.74) is 0.738. The van der Waals surface area contributed by atoms with Crippen molar-refractivity contribution in [1.82, 2.24) is 24.3 Å². The van der Waals surface area contributed by atoms with E-state index in [1.807, 2.05) is 60.7 Å². The molecule has 2 saturated heterocycles. The maximum Gasteiger partial charge on any atom is 0.410 e. The van der Waals surface area contributed by atoms with Gasteiger partial charge in [-0.3, -0.25) is 9.59 Å². The second-order valence-corrected chi connectivity index (χ2v) is 15.8. The third-order valence-electron chi connectivity index (χ3n) is 10.0. The predicted molar refractivity (Wildman–Crippen MR) is 207 cm³/mol. The van der Waals surface area contributed by atoms with Gasteiger partial charge in [-0.1, -0.05) is 60.7 Å². The molecule has 58 heavy (non-hydrogen) atoms. The summed E-state index contributed by atoms with van der Waals surface area (Å²) in [4.78, 5) is 62.1. The molecular formula is C43H48F3N5O7. The average Bonchev–Trinajstić information content (AvgIpc) is 3.74. The van der Waals surface area contributed by atoms with Crippen molar-refractivity contribution in [2.45, 2.75) is 71.7 Å². The van der Waals surface area contributed by atoms with Crippen LogP contribution in [0.15, 0.2) is 85.1 Å². The van der Waals surface area contributed by atoms with Crippen LogP contribution < -0.4 is 0 Å². The van der Waals surface area contributed by atoms with E-state index < -0.39 is 71.5 Å². The molecule has 308 valence electrons. The quantitative estimate of drug-likeness (QED) is 0.109. The van der Waals surface area contributed by atoms with Gasteiger partial charge in [0.25, 0.3) is 5.91 Å². The number of alkyl halides is 1. The summed E-state index contributed by atoms with van der Waals surface area (Å²) in [6, 6.07) is 20.4. The SMILES string of the molecule is CC(=O)O[C@@H](C)C(=O)N(C[C@@H]1CN(C(=O)OC(C)(C)C)C[C@@H]1F)[C@@H](c1nc(-c2cc(F)ccc2F)cn1Cc1ccccc1)C1CN(C(=O)OCc2ccccc2)C1. The highest BCUT2D eigenvalue weighted by atomic mass is 19.1. The van der Waals surface area contributed by atoms with Gasteiger partial charge in [0.1, 0.15) is 35.8 Å². The molecule has 0 unspecified atom stereocenters. The normalized spacial score (nSPS) is 17.9. The smallest absolute Gasteiger partial charge is 0.410 e. The monoisotopic (exact) mass is 803 g/mol. The van der Waals surface area contributed by atoms with Crippen molar-refractivity contribution in [3.63, 3.8) is 0 Å². The van der Waals surface area contributed by atoms with E-state index in [0.29, 0.717) is 0 Å². The van der Waals surface area contributed by atoms with E-state index in [4.69, 9.17) is 19.2 Å². The maximum atomic E-state index is 16.1. The van der Waals surface area contributed by atoms with Crippen molar-refractivity contribution in [3.8, 4) is 11.3 Å². The molecule has 4 atom stereocenters. The van der Waals surface area contributed by atoms with E-state index in [-0.39, 0.29) is 63.0 Å². The minimum atomic E-state index is -1.57. The number of hydrogen-bond donors (Lipinski definition) is 0. The van der Waals surface area contributed by atoms with Gasteiger partial charge >= 0.3 is 18.2 Å². The molecule has 3 amide bonds. The first-order chi connectivity index (χ1) is 27.6. The summed E-state index contributed by atoms with van der Waals surface area (Å²) in [7, 11) is 0. The number of likely N-dealkylation sites (tertiary alicyclic amines) is 2. The van der Waals surface area contributed by atoms with E-state index in [0.717, 1.165) is 36.2 Å². The molecular weight excluding hydrogens is 755 g/mol.